The molecule has 4 nitrogen and oxygen atoms in total. The number of thioether (sulfide) groups is 1. The lowest BCUT2D eigenvalue weighted by atomic mass is 9.96. The maximum atomic E-state index is 6.53. The van der Waals surface area contributed by atoms with Crippen LogP contribution in [0.4, 0.5) is 11.4 Å². The van der Waals surface area contributed by atoms with E-state index in [0.29, 0.717) is 23.1 Å². The van der Waals surface area contributed by atoms with Gasteiger partial charge in [0.2, 0.25) is 0 Å². The molecule has 3 aliphatic heterocycles. The second-order valence-corrected chi connectivity index (χ2v) is 13.9. The first kappa shape index (κ1) is 29.3. The summed E-state index contributed by atoms with van der Waals surface area (Å²) in [6, 6.07) is 16.3. The molecule has 4 aliphatic rings. The topological polar surface area (TPSA) is 28.1 Å². The van der Waals surface area contributed by atoms with Crippen LogP contribution in [0.25, 0.3) is 0 Å². The maximum Gasteiger partial charge on any atom is 0.119 e. The van der Waals surface area contributed by atoms with Crippen LogP contribution in [-0.4, -0.2) is 48.1 Å². The second kappa shape index (κ2) is 13.7. The Bertz CT molecular complexity index is 1320. The Morgan fingerprint density at radius 1 is 1.00 bits per heavy atom. The highest BCUT2D eigenvalue weighted by molar-refractivity contribution is 8.00. The molecule has 3 unspecified atom stereocenters. The number of allylic oxidation sites excluding steroid dienone is 3. The van der Waals surface area contributed by atoms with E-state index in [0.717, 1.165) is 51.1 Å². The van der Waals surface area contributed by atoms with E-state index in [1.807, 2.05) is 11.8 Å². The standard InChI is InChI=1S/C37H47N3OS/c1-4-5-6-9-28-12-17-37-35(25-28)40(34-10-7-8-11-36(34)42-37)30-13-15-31(16-14-30)41-32-19-22-39(23-20-32)26-29-18-21-38-33(24-29)27(2)3/h7-8,10-17,21,24-25,27,29,32,34,36H,4-6,9,18-20,22-23,26H2,1-3H3. The van der Waals surface area contributed by atoms with Crippen molar-refractivity contribution < 1.29 is 4.74 Å². The lowest BCUT2D eigenvalue weighted by Gasteiger charge is -2.42. The van der Waals surface area contributed by atoms with Gasteiger partial charge in [0.05, 0.1) is 17.0 Å². The maximum absolute atomic E-state index is 6.53. The third kappa shape index (κ3) is 6.89. The lowest BCUT2D eigenvalue weighted by molar-refractivity contribution is 0.0952. The molecular formula is C37H47N3OS. The molecule has 222 valence electrons. The summed E-state index contributed by atoms with van der Waals surface area (Å²) in [5.74, 6) is 2.08. The fourth-order valence-corrected chi connectivity index (χ4v) is 7.89. The first-order valence-corrected chi connectivity index (χ1v) is 17.1. The molecule has 1 aliphatic carbocycles. The molecule has 5 heteroatoms. The summed E-state index contributed by atoms with van der Waals surface area (Å²) in [4.78, 5) is 11.1. The van der Waals surface area contributed by atoms with E-state index in [2.05, 4.69) is 115 Å². The van der Waals surface area contributed by atoms with E-state index in [9.17, 15) is 0 Å². The molecule has 0 amide bonds. The van der Waals surface area contributed by atoms with Crippen LogP contribution < -0.4 is 9.64 Å². The van der Waals surface area contributed by atoms with Gasteiger partial charge in [-0.25, -0.2) is 0 Å². The third-order valence-corrected chi connectivity index (χ3v) is 10.4. The highest BCUT2D eigenvalue weighted by Crippen LogP contribution is 2.47. The molecule has 2 aromatic carbocycles. The molecule has 2 aromatic rings. The van der Waals surface area contributed by atoms with Crippen LogP contribution in [0.15, 0.2) is 88.4 Å². The second-order valence-electron chi connectivity index (χ2n) is 12.6. The van der Waals surface area contributed by atoms with Gasteiger partial charge in [0, 0.05) is 42.1 Å². The zero-order valence-electron chi connectivity index (χ0n) is 25.6. The number of rotatable bonds is 10. The third-order valence-electron chi connectivity index (χ3n) is 9.06. The van der Waals surface area contributed by atoms with Gasteiger partial charge < -0.3 is 14.5 Å². The highest BCUT2D eigenvalue weighted by Gasteiger charge is 2.34. The Labute approximate surface area is 257 Å². The molecule has 3 atom stereocenters. The fourth-order valence-electron chi connectivity index (χ4n) is 6.65. The average molecular weight is 582 g/mol. The smallest absolute Gasteiger partial charge is 0.119 e. The van der Waals surface area contributed by atoms with Crippen molar-refractivity contribution >= 4 is 29.4 Å². The van der Waals surface area contributed by atoms with Crippen molar-refractivity contribution in [1.82, 2.24) is 4.90 Å². The number of hydrogen-bond acceptors (Lipinski definition) is 5. The van der Waals surface area contributed by atoms with Gasteiger partial charge in [-0.2, -0.15) is 0 Å². The number of benzene rings is 2. The number of likely N-dealkylation sites (tertiary alicyclic amines) is 1. The van der Waals surface area contributed by atoms with Crippen molar-refractivity contribution in [3.8, 4) is 5.75 Å². The van der Waals surface area contributed by atoms with Gasteiger partial charge in [0.1, 0.15) is 11.9 Å². The zero-order chi connectivity index (χ0) is 28.9. The Kier molecular flexibility index (Phi) is 9.56. The Balaban J connectivity index is 1.10. The minimum Gasteiger partial charge on any atom is -0.490 e. The summed E-state index contributed by atoms with van der Waals surface area (Å²) in [6.07, 6.45) is 22.1. The number of anilines is 2. The Morgan fingerprint density at radius 2 is 1.81 bits per heavy atom. The van der Waals surface area contributed by atoms with Crippen LogP contribution in [0.5, 0.6) is 5.75 Å². The summed E-state index contributed by atoms with van der Waals surface area (Å²) >= 11 is 2.00. The summed E-state index contributed by atoms with van der Waals surface area (Å²) < 4.78 is 6.53. The summed E-state index contributed by atoms with van der Waals surface area (Å²) in [7, 11) is 0. The summed E-state index contributed by atoms with van der Waals surface area (Å²) in [5, 5.41) is 0.419. The van der Waals surface area contributed by atoms with Crippen LogP contribution >= 0.6 is 11.8 Å². The van der Waals surface area contributed by atoms with Crippen LogP contribution in [0, 0.1) is 11.8 Å². The van der Waals surface area contributed by atoms with Crippen LogP contribution in [0.3, 0.4) is 0 Å². The molecule has 0 N–H and O–H groups in total. The molecule has 0 radical (unpaired) electrons. The van der Waals surface area contributed by atoms with Gasteiger partial charge in [-0.1, -0.05) is 70.1 Å². The predicted molar refractivity (Wildman–Crippen MR) is 180 cm³/mol. The molecule has 3 heterocycles. The number of aliphatic imine (C=N–C) groups is 1. The van der Waals surface area contributed by atoms with Crippen LogP contribution in [0.1, 0.15) is 64.9 Å². The molecule has 0 bridgehead atoms. The molecule has 0 spiro atoms. The molecule has 0 saturated carbocycles. The quantitative estimate of drug-likeness (QED) is 0.262. The number of hydrogen-bond donors (Lipinski definition) is 0. The van der Waals surface area contributed by atoms with Crippen molar-refractivity contribution in [1.29, 1.82) is 0 Å². The van der Waals surface area contributed by atoms with Crippen molar-refractivity contribution in [3.63, 3.8) is 0 Å². The van der Waals surface area contributed by atoms with E-state index in [4.69, 9.17) is 4.74 Å². The first-order valence-electron chi connectivity index (χ1n) is 16.2. The van der Waals surface area contributed by atoms with Crippen LogP contribution in [-0.2, 0) is 6.42 Å². The predicted octanol–water partition coefficient (Wildman–Crippen LogP) is 9.00. The molecule has 0 aromatic heterocycles. The van der Waals surface area contributed by atoms with Crippen molar-refractivity contribution in [2.75, 3.05) is 24.5 Å². The average Bonchev–Trinajstić information content (AvgIpc) is 3.02. The molecule has 6 rings (SSSR count). The monoisotopic (exact) mass is 581 g/mol. The van der Waals surface area contributed by atoms with Crippen molar-refractivity contribution in [3.05, 3.63) is 84.1 Å². The number of nitrogens with zero attached hydrogens (tertiary/aromatic N) is 3. The van der Waals surface area contributed by atoms with Crippen molar-refractivity contribution in [2.24, 2.45) is 16.8 Å². The first-order chi connectivity index (χ1) is 20.6. The minimum atomic E-state index is 0.287. The normalized spacial score (nSPS) is 24.0. The van der Waals surface area contributed by atoms with Gasteiger partial charge in [-0.15, -0.1) is 11.8 Å². The molecule has 1 saturated heterocycles. The molecular weight excluding hydrogens is 534 g/mol. The molecule has 1 fully saturated rings. The van der Waals surface area contributed by atoms with E-state index in [-0.39, 0.29) is 6.10 Å². The van der Waals surface area contributed by atoms with Crippen LogP contribution in [0.2, 0.25) is 0 Å². The minimum absolute atomic E-state index is 0.287. The van der Waals surface area contributed by atoms with Gasteiger partial charge >= 0.3 is 0 Å². The Morgan fingerprint density at radius 3 is 2.60 bits per heavy atom. The SMILES string of the molecule is CCCCCc1ccc2c(c1)N(c1ccc(OC3CCN(CC4C=C(C(C)C)N=CC4)CC3)cc1)C1C=CC=CC1S2. The van der Waals surface area contributed by atoms with Gasteiger partial charge in [0.25, 0.3) is 0 Å². The number of aryl methyl sites for hydroxylation is 1. The highest BCUT2D eigenvalue weighted by atomic mass is 32.2. The lowest BCUT2D eigenvalue weighted by Crippen LogP contribution is -2.41. The number of ether oxygens (including phenoxy) is 1. The van der Waals surface area contributed by atoms with E-state index < -0.39 is 0 Å². The Hall–Kier alpha value is -2.76. The number of unbranched alkanes of at least 4 members (excludes halogenated alkanes) is 2. The fraction of sp³-hybridized carbons (Fsp3) is 0.486. The van der Waals surface area contributed by atoms with Gasteiger partial charge in [-0.3, -0.25) is 4.99 Å². The van der Waals surface area contributed by atoms with Gasteiger partial charge in [0.15, 0.2) is 0 Å². The van der Waals surface area contributed by atoms with E-state index in [1.165, 1.54) is 46.8 Å². The zero-order valence-corrected chi connectivity index (χ0v) is 26.4. The van der Waals surface area contributed by atoms with Crippen molar-refractivity contribution in [2.45, 2.75) is 88.0 Å². The number of piperidine rings is 1. The summed E-state index contributed by atoms with van der Waals surface area (Å²) in [6.45, 7) is 10.1. The molecule has 42 heavy (non-hydrogen) atoms. The van der Waals surface area contributed by atoms with E-state index in [1.54, 1.807) is 0 Å². The number of fused-ring (bicyclic) bond motifs is 2. The summed E-state index contributed by atoms with van der Waals surface area (Å²) in [5.41, 5.74) is 5.28. The van der Waals surface area contributed by atoms with E-state index >= 15 is 0 Å². The van der Waals surface area contributed by atoms with Gasteiger partial charge in [-0.05, 0) is 85.9 Å². The largest absolute Gasteiger partial charge is 0.490 e.